The first-order valence-corrected chi connectivity index (χ1v) is 7.71. The largest absolute Gasteiger partial charge is 0.496 e. The highest BCUT2D eigenvalue weighted by Gasteiger charge is 2.26. The maximum Gasteiger partial charge on any atom is 0.122 e. The molecule has 3 nitrogen and oxygen atoms in total. The van der Waals surface area contributed by atoms with E-state index in [1.165, 1.54) is 5.56 Å². The third-order valence-corrected chi connectivity index (χ3v) is 4.61. The molecule has 0 aliphatic carbocycles. The topological polar surface area (TPSA) is 48.1 Å². The number of aromatic nitrogens is 1. The Hall–Kier alpha value is -1.39. The monoisotopic (exact) mass is 290 g/mol. The molecule has 2 N–H and O–H groups in total. The van der Waals surface area contributed by atoms with Crippen molar-refractivity contribution in [2.75, 3.05) is 13.7 Å². The van der Waals surface area contributed by atoms with Crippen LogP contribution in [0.5, 0.6) is 5.75 Å². The first kappa shape index (κ1) is 15.0. The van der Waals surface area contributed by atoms with Crippen LogP contribution in [0, 0.1) is 0 Å². The van der Waals surface area contributed by atoms with Gasteiger partial charge in [-0.3, -0.25) is 0 Å². The van der Waals surface area contributed by atoms with Gasteiger partial charge in [0.05, 0.1) is 17.8 Å². The Kier molecular flexibility index (Phi) is 4.78. The summed E-state index contributed by atoms with van der Waals surface area (Å²) in [5.41, 5.74) is 7.90. The molecule has 0 atom stereocenters. The number of rotatable bonds is 6. The van der Waals surface area contributed by atoms with E-state index in [1.54, 1.807) is 18.4 Å². The molecule has 2 aromatic rings. The summed E-state index contributed by atoms with van der Waals surface area (Å²) in [6, 6.07) is 8.18. The molecule has 108 valence electrons. The lowest BCUT2D eigenvalue weighted by Crippen LogP contribution is -2.21. The number of methoxy groups -OCH3 is 1. The van der Waals surface area contributed by atoms with Crippen molar-refractivity contribution in [1.82, 2.24) is 4.98 Å². The molecule has 1 heterocycles. The highest BCUT2D eigenvalue weighted by atomic mass is 32.1. The molecular weight excluding hydrogens is 268 g/mol. The minimum Gasteiger partial charge on any atom is -0.496 e. The molecular formula is C16H22N2OS. The van der Waals surface area contributed by atoms with Crippen molar-refractivity contribution < 1.29 is 4.74 Å². The second-order valence-corrected chi connectivity index (χ2v) is 6.41. The summed E-state index contributed by atoms with van der Waals surface area (Å²) >= 11 is 1.72. The predicted molar refractivity (Wildman–Crippen MR) is 84.6 cm³/mol. The number of nitrogens with zero attached hydrogens (tertiary/aromatic N) is 1. The molecule has 20 heavy (non-hydrogen) atoms. The Balaban J connectivity index is 2.21. The molecule has 2 rings (SSSR count). The van der Waals surface area contributed by atoms with Gasteiger partial charge in [-0.2, -0.15) is 0 Å². The minimum absolute atomic E-state index is 0.00779. The highest BCUT2D eigenvalue weighted by molar-refractivity contribution is 7.09. The summed E-state index contributed by atoms with van der Waals surface area (Å²) in [4.78, 5) is 4.72. The molecule has 0 fully saturated rings. The Labute approximate surface area is 124 Å². The smallest absolute Gasteiger partial charge is 0.122 e. The minimum atomic E-state index is -0.00779. The molecule has 0 aliphatic heterocycles. The lowest BCUT2D eigenvalue weighted by Gasteiger charge is -2.23. The van der Waals surface area contributed by atoms with Gasteiger partial charge in [0, 0.05) is 17.2 Å². The number of para-hydroxylation sites is 1. The zero-order chi connectivity index (χ0) is 14.6. The number of thiazole rings is 1. The number of benzene rings is 1. The van der Waals surface area contributed by atoms with Crippen LogP contribution in [0.15, 0.2) is 29.6 Å². The maximum absolute atomic E-state index is 5.59. The lowest BCUT2D eigenvalue weighted by atomic mass is 9.86. The van der Waals surface area contributed by atoms with Gasteiger partial charge in [0.25, 0.3) is 0 Å². The van der Waals surface area contributed by atoms with E-state index in [0.717, 1.165) is 29.3 Å². The van der Waals surface area contributed by atoms with Crippen LogP contribution in [-0.4, -0.2) is 18.6 Å². The van der Waals surface area contributed by atoms with Gasteiger partial charge in [0.2, 0.25) is 0 Å². The Morgan fingerprint density at radius 2 is 2.05 bits per heavy atom. The summed E-state index contributed by atoms with van der Waals surface area (Å²) in [6.07, 6.45) is 1.76. The van der Waals surface area contributed by atoms with Crippen LogP contribution in [-0.2, 0) is 18.3 Å². The quantitative estimate of drug-likeness (QED) is 0.889. The summed E-state index contributed by atoms with van der Waals surface area (Å²) in [5, 5.41) is 3.28. The third kappa shape index (κ3) is 3.38. The van der Waals surface area contributed by atoms with Crippen molar-refractivity contribution in [3.63, 3.8) is 0 Å². The van der Waals surface area contributed by atoms with Crippen LogP contribution in [0.2, 0.25) is 0 Å². The fraction of sp³-hybridized carbons (Fsp3) is 0.438. The number of ether oxygens (including phenoxy) is 1. The van der Waals surface area contributed by atoms with Gasteiger partial charge in [0.15, 0.2) is 0 Å². The molecule has 0 aliphatic rings. The summed E-state index contributed by atoms with van der Waals surface area (Å²) in [5.74, 6) is 0.944. The number of hydrogen-bond acceptors (Lipinski definition) is 4. The fourth-order valence-electron chi connectivity index (χ4n) is 2.28. The standard InChI is InChI=1S/C16H22N2OS/c1-16(2,15-18-13(8-9-17)11-20-15)10-12-6-4-5-7-14(12)19-3/h4-7,11H,8-10,17H2,1-3H3. The first-order valence-electron chi connectivity index (χ1n) is 6.83. The molecule has 0 spiro atoms. The molecule has 0 saturated carbocycles. The molecule has 0 bridgehead atoms. The van der Waals surface area contributed by atoms with Gasteiger partial charge < -0.3 is 10.5 Å². The van der Waals surface area contributed by atoms with E-state index in [0.29, 0.717) is 6.54 Å². The summed E-state index contributed by atoms with van der Waals surface area (Å²) < 4.78 is 5.44. The zero-order valence-corrected chi connectivity index (χ0v) is 13.2. The van der Waals surface area contributed by atoms with Crippen molar-refractivity contribution in [3.05, 3.63) is 45.9 Å². The molecule has 0 radical (unpaired) electrons. The fourth-order valence-corrected chi connectivity index (χ4v) is 3.26. The van der Waals surface area contributed by atoms with Gasteiger partial charge in [-0.15, -0.1) is 11.3 Å². The average molecular weight is 290 g/mol. The predicted octanol–water partition coefficient (Wildman–Crippen LogP) is 3.17. The highest BCUT2D eigenvalue weighted by Crippen LogP contribution is 2.33. The van der Waals surface area contributed by atoms with Gasteiger partial charge in [-0.05, 0) is 24.6 Å². The zero-order valence-electron chi connectivity index (χ0n) is 12.3. The SMILES string of the molecule is COc1ccccc1CC(C)(C)c1nc(CCN)cs1. The first-order chi connectivity index (χ1) is 9.56. The third-order valence-electron chi connectivity index (χ3n) is 3.36. The van der Waals surface area contributed by atoms with E-state index in [9.17, 15) is 0 Å². The van der Waals surface area contributed by atoms with E-state index in [2.05, 4.69) is 31.4 Å². The van der Waals surface area contributed by atoms with E-state index in [4.69, 9.17) is 15.5 Å². The van der Waals surface area contributed by atoms with E-state index in [-0.39, 0.29) is 5.41 Å². The van der Waals surface area contributed by atoms with E-state index in [1.807, 2.05) is 12.1 Å². The normalized spacial score (nSPS) is 11.6. The lowest BCUT2D eigenvalue weighted by molar-refractivity contribution is 0.402. The molecule has 0 saturated heterocycles. The van der Waals surface area contributed by atoms with Crippen LogP contribution in [0.3, 0.4) is 0 Å². The van der Waals surface area contributed by atoms with Crippen molar-refractivity contribution in [1.29, 1.82) is 0 Å². The van der Waals surface area contributed by atoms with Crippen LogP contribution < -0.4 is 10.5 Å². The van der Waals surface area contributed by atoms with Crippen LogP contribution >= 0.6 is 11.3 Å². The van der Waals surface area contributed by atoms with Crippen LogP contribution in [0.25, 0.3) is 0 Å². The molecule has 1 aromatic carbocycles. The van der Waals surface area contributed by atoms with Gasteiger partial charge in [-0.25, -0.2) is 4.98 Å². The maximum atomic E-state index is 5.59. The number of nitrogens with two attached hydrogens (primary N) is 1. The van der Waals surface area contributed by atoms with Crippen molar-refractivity contribution in [2.45, 2.75) is 32.1 Å². The van der Waals surface area contributed by atoms with Crippen molar-refractivity contribution >= 4 is 11.3 Å². The van der Waals surface area contributed by atoms with Crippen molar-refractivity contribution in [3.8, 4) is 5.75 Å². The number of hydrogen-bond donors (Lipinski definition) is 1. The second-order valence-electron chi connectivity index (χ2n) is 5.56. The van der Waals surface area contributed by atoms with Crippen molar-refractivity contribution in [2.24, 2.45) is 5.73 Å². The average Bonchev–Trinajstić information content (AvgIpc) is 2.89. The second kappa shape index (κ2) is 6.37. The summed E-state index contributed by atoms with van der Waals surface area (Å²) in [7, 11) is 1.72. The van der Waals surface area contributed by atoms with Gasteiger partial charge in [0.1, 0.15) is 5.75 Å². The Bertz CT molecular complexity index is 563. The van der Waals surface area contributed by atoms with E-state index >= 15 is 0 Å². The molecule has 0 amide bonds. The Morgan fingerprint density at radius 3 is 2.75 bits per heavy atom. The molecule has 0 unspecified atom stereocenters. The molecule has 1 aromatic heterocycles. The molecule has 4 heteroatoms. The van der Waals surface area contributed by atoms with Gasteiger partial charge in [-0.1, -0.05) is 32.0 Å². The van der Waals surface area contributed by atoms with Crippen LogP contribution in [0.1, 0.15) is 30.1 Å². The summed E-state index contributed by atoms with van der Waals surface area (Å²) in [6.45, 7) is 5.10. The Morgan fingerprint density at radius 1 is 1.30 bits per heavy atom. The van der Waals surface area contributed by atoms with Crippen LogP contribution in [0.4, 0.5) is 0 Å². The van der Waals surface area contributed by atoms with E-state index < -0.39 is 0 Å². The van der Waals surface area contributed by atoms with Gasteiger partial charge >= 0.3 is 0 Å².